The van der Waals surface area contributed by atoms with Crippen LogP contribution in [-0.2, 0) is 0 Å². The van der Waals surface area contributed by atoms with Crippen molar-refractivity contribution in [3.8, 4) is 5.75 Å². The smallest absolute Gasteiger partial charge is 0.255 e. The van der Waals surface area contributed by atoms with E-state index < -0.39 is 0 Å². The van der Waals surface area contributed by atoms with Crippen LogP contribution in [0.5, 0.6) is 5.75 Å². The first-order valence-electron chi connectivity index (χ1n) is 6.92. The fourth-order valence-electron chi connectivity index (χ4n) is 2.04. The van der Waals surface area contributed by atoms with Crippen LogP contribution in [0.1, 0.15) is 21.5 Å². The van der Waals surface area contributed by atoms with Crippen molar-refractivity contribution in [2.75, 3.05) is 18.5 Å². The average Bonchev–Trinajstić information content (AvgIpc) is 2.48. The van der Waals surface area contributed by atoms with E-state index in [-0.39, 0.29) is 5.91 Å². The number of rotatable bonds is 5. The molecule has 2 aromatic rings. The minimum absolute atomic E-state index is 0.118. The highest BCUT2D eigenvalue weighted by molar-refractivity contribution is 6.05. The van der Waals surface area contributed by atoms with E-state index in [9.17, 15) is 4.79 Å². The van der Waals surface area contributed by atoms with Gasteiger partial charge >= 0.3 is 0 Å². The third-order valence-corrected chi connectivity index (χ3v) is 3.33. The average molecular weight is 284 g/mol. The van der Waals surface area contributed by atoms with Gasteiger partial charge in [0.05, 0.1) is 0 Å². The molecule has 21 heavy (non-hydrogen) atoms. The first-order chi connectivity index (χ1) is 10.1. The summed E-state index contributed by atoms with van der Waals surface area (Å²) in [4.78, 5) is 12.3. The molecule has 110 valence electrons. The third-order valence-electron chi connectivity index (χ3n) is 3.33. The fourth-order valence-corrected chi connectivity index (χ4v) is 2.04. The monoisotopic (exact) mass is 284 g/mol. The lowest BCUT2D eigenvalue weighted by molar-refractivity contribution is 0.102. The van der Waals surface area contributed by atoms with Crippen LogP contribution in [0.15, 0.2) is 42.5 Å². The highest BCUT2D eigenvalue weighted by Gasteiger charge is 2.10. The van der Waals surface area contributed by atoms with Crippen molar-refractivity contribution in [1.29, 1.82) is 0 Å². The van der Waals surface area contributed by atoms with Gasteiger partial charge in [-0.25, -0.2) is 0 Å². The van der Waals surface area contributed by atoms with Crippen LogP contribution in [0.3, 0.4) is 0 Å². The molecule has 0 spiro atoms. The summed E-state index contributed by atoms with van der Waals surface area (Å²) >= 11 is 0. The molecule has 0 unspecified atom stereocenters. The number of ether oxygens (including phenoxy) is 1. The molecule has 2 rings (SSSR count). The Morgan fingerprint density at radius 2 is 1.95 bits per heavy atom. The lowest BCUT2D eigenvalue weighted by Crippen LogP contribution is -2.14. The molecule has 0 saturated carbocycles. The Bertz CT molecular complexity index is 638. The van der Waals surface area contributed by atoms with Gasteiger partial charge in [-0.15, -0.1) is 0 Å². The van der Waals surface area contributed by atoms with Crippen LogP contribution in [-0.4, -0.2) is 19.1 Å². The van der Waals surface area contributed by atoms with Crippen molar-refractivity contribution < 1.29 is 9.53 Å². The Labute approximate surface area is 124 Å². The maximum atomic E-state index is 12.3. The van der Waals surface area contributed by atoms with Crippen molar-refractivity contribution in [3.05, 3.63) is 59.2 Å². The van der Waals surface area contributed by atoms with E-state index in [0.717, 1.165) is 11.1 Å². The van der Waals surface area contributed by atoms with Crippen molar-refractivity contribution in [2.24, 2.45) is 5.73 Å². The van der Waals surface area contributed by atoms with Gasteiger partial charge < -0.3 is 15.8 Å². The summed E-state index contributed by atoms with van der Waals surface area (Å²) < 4.78 is 5.45. The van der Waals surface area contributed by atoms with E-state index in [4.69, 9.17) is 10.5 Å². The zero-order valence-electron chi connectivity index (χ0n) is 12.3. The molecule has 0 atom stereocenters. The van der Waals surface area contributed by atoms with Gasteiger partial charge in [0.15, 0.2) is 0 Å². The van der Waals surface area contributed by atoms with Crippen LogP contribution in [0.2, 0.25) is 0 Å². The first kappa shape index (κ1) is 15.1. The minimum atomic E-state index is -0.118. The van der Waals surface area contributed by atoms with Crippen molar-refractivity contribution in [3.63, 3.8) is 0 Å². The number of hydrogen-bond donors (Lipinski definition) is 2. The van der Waals surface area contributed by atoms with Gasteiger partial charge in [-0.3, -0.25) is 4.79 Å². The maximum Gasteiger partial charge on any atom is 0.255 e. The number of carbonyl (C=O) groups is 1. The number of amides is 1. The maximum absolute atomic E-state index is 12.3. The zero-order chi connectivity index (χ0) is 15.2. The second-order valence-corrected chi connectivity index (χ2v) is 4.87. The van der Waals surface area contributed by atoms with Gasteiger partial charge in [0.1, 0.15) is 12.4 Å². The summed E-state index contributed by atoms with van der Waals surface area (Å²) in [5, 5.41) is 2.89. The molecule has 4 nitrogen and oxygen atoms in total. The quantitative estimate of drug-likeness (QED) is 0.887. The number of anilines is 1. The summed E-state index contributed by atoms with van der Waals surface area (Å²) in [5.41, 5.74) is 8.89. The summed E-state index contributed by atoms with van der Waals surface area (Å²) in [5.74, 6) is 0.575. The summed E-state index contributed by atoms with van der Waals surface area (Å²) in [6.07, 6.45) is 0. The molecule has 0 radical (unpaired) electrons. The summed E-state index contributed by atoms with van der Waals surface area (Å²) in [7, 11) is 0. The Morgan fingerprint density at radius 3 is 2.71 bits per heavy atom. The van der Waals surface area contributed by atoms with Gasteiger partial charge in [0.2, 0.25) is 0 Å². The number of carbonyl (C=O) groups excluding carboxylic acids is 1. The van der Waals surface area contributed by atoms with Gasteiger partial charge in [-0.05, 0) is 43.2 Å². The number of aryl methyl sites for hydroxylation is 1. The van der Waals surface area contributed by atoms with Crippen LogP contribution < -0.4 is 15.8 Å². The Kier molecular flexibility index (Phi) is 4.95. The number of benzene rings is 2. The van der Waals surface area contributed by atoms with E-state index in [2.05, 4.69) is 5.32 Å². The summed E-state index contributed by atoms with van der Waals surface area (Å²) in [6.45, 7) is 4.85. The zero-order valence-corrected chi connectivity index (χ0v) is 12.3. The largest absolute Gasteiger partial charge is 0.492 e. The number of nitrogens with two attached hydrogens (primary N) is 1. The molecule has 4 heteroatoms. The second kappa shape index (κ2) is 6.90. The number of nitrogens with one attached hydrogen (secondary N) is 1. The molecular weight excluding hydrogens is 264 g/mol. The first-order valence-corrected chi connectivity index (χ1v) is 6.92. The van der Waals surface area contributed by atoms with E-state index in [0.29, 0.717) is 30.2 Å². The molecule has 0 bridgehead atoms. The molecule has 3 N–H and O–H groups in total. The van der Waals surface area contributed by atoms with Gasteiger partial charge in [-0.2, -0.15) is 0 Å². The topological polar surface area (TPSA) is 64.3 Å². The van der Waals surface area contributed by atoms with Crippen LogP contribution in [0.4, 0.5) is 5.69 Å². The molecule has 0 aromatic heterocycles. The minimum Gasteiger partial charge on any atom is -0.492 e. The molecule has 0 aliphatic heterocycles. The van der Waals surface area contributed by atoms with E-state index in [1.807, 2.05) is 50.2 Å². The predicted molar refractivity (Wildman–Crippen MR) is 84.9 cm³/mol. The van der Waals surface area contributed by atoms with Crippen LogP contribution in [0.25, 0.3) is 0 Å². The standard InChI is InChI=1S/C17H20N2O2/c1-12-5-3-8-16(13(12)2)17(20)19-14-6-4-7-15(11-14)21-10-9-18/h3-8,11H,9-10,18H2,1-2H3,(H,19,20). The van der Waals surface area contributed by atoms with Gasteiger partial charge in [0, 0.05) is 23.9 Å². The Morgan fingerprint density at radius 1 is 1.19 bits per heavy atom. The van der Waals surface area contributed by atoms with E-state index >= 15 is 0 Å². The molecule has 2 aromatic carbocycles. The van der Waals surface area contributed by atoms with Gasteiger partial charge in [0.25, 0.3) is 5.91 Å². The highest BCUT2D eigenvalue weighted by atomic mass is 16.5. The Balaban J connectivity index is 2.14. The van der Waals surface area contributed by atoms with Crippen LogP contribution >= 0.6 is 0 Å². The SMILES string of the molecule is Cc1cccc(C(=O)Nc2cccc(OCCN)c2)c1C. The second-order valence-electron chi connectivity index (χ2n) is 4.87. The molecule has 0 aliphatic carbocycles. The van der Waals surface area contributed by atoms with Gasteiger partial charge in [-0.1, -0.05) is 18.2 Å². The molecular formula is C17H20N2O2. The normalized spacial score (nSPS) is 10.2. The lowest BCUT2D eigenvalue weighted by atomic mass is 10.0. The predicted octanol–water partition coefficient (Wildman–Crippen LogP) is 2.89. The molecule has 0 aliphatic rings. The highest BCUT2D eigenvalue weighted by Crippen LogP contribution is 2.19. The van der Waals surface area contributed by atoms with Crippen molar-refractivity contribution in [2.45, 2.75) is 13.8 Å². The van der Waals surface area contributed by atoms with E-state index in [1.165, 1.54) is 0 Å². The fraction of sp³-hybridized carbons (Fsp3) is 0.235. The molecule has 0 fully saturated rings. The Hall–Kier alpha value is -2.33. The van der Waals surface area contributed by atoms with E-state index in [1.54, 1.807) is 6.07 Å². The van der Waals surface area contributed by atoms with Crippen LogP contribution in [0, 0.1) is 13.8 Å². The number of hydrogen-bond acceptors (Lipinski definition) is 3. The summed E-state index contributed by atoms with van der Waals surface area (Å²) in [6, 6.07) is 13.0. The molecule has 1 amide bonds. The lowest BCUT2D eigenvalue weighted by Gasteiger charge is -2.11. The molecule has 0 heterocycles. The molecule has 0 saturated heterocycles. The third kappa shape index (κ3) is 3.83. The van der Waals surface area contributed by atoms with Crippen molar-refractivity contribution in [1.82, 2.24) is 0 Å². The van der Waals surface area contributed by atoms with Crippen molar-refractivity contribution >= 4 is 11.6 Å².